The largest absolute Gasteiger partial charge is 0.332 e. The lowest BCUT2D eigenvalue weighted by atomic mass is 10.1. The van der Waals surface area contributed by atoms with Gasteiger partial charge in [-0.1, -0.05) is 33.1 Å². The Bertz CT molecular complexity index is 743. The minimum absolute atomic E-state index is 0.207. The summed E-state index contributed by atoms with van der Waals surface area (Å²) in [5, 5.41) is 6.15. The van der Waals surface area contributed by atoms with Crippen molar-refractivity contribution in [2.45, 2.75) is 27.7 Å². The van der Waals surface area contributed by atoms with Gasteiger partial charge >= 0.3 is 0 Å². The van der Waals surface area contributed by atoms with Crippen molar-refractivity contribution >= 4 is 44.9 Å². The second kappa shape index (κ2) is 7.23. The molecule has 0 spiro atoms. The first-order valence-corrected chi connectivity index (χ1v) is 8.44. The van der Waals surface area contributed by atoms with E-state index in [9.17, 15) is 4.79 Å². The lowest BCUT2D eigenvalue weighted by Crippen LogP contribution is -2.34. The molecule has 2 rings (SSSR count). The Balaban J connectivity index is 2.12. The van der Waals surface area contributed by atoms with E-state index in [1.165, 1.54) is 0 Å². The molecule has 0 bridgehead atoms. The highest BCUT2D eigenvalue weighted by Crippen LogP contribution is 2.25. The molecular weight excluding hydrogens is 372 g/mol. The number of carbonyl (C=O) groups excluding carboxylic acids is 1. The van der Waals surface area contributed by atoms with Crippen LogP contribution < -0.4 is 10.6 Å². The molecule has 2 N–H and O–H groups in total. The minimum atomic E-state index is -0.207. The van der Waals surface area contributed by atoms with Gasteiger partial charge in [0, 0.05) is 15.7 Å². The average Bonchev–Trinajstić information content (AvgIpc) is 2.41. The summed E-state index contributed by atoms with van der Waals surface area (Å²) in [4.78, 5) is 12.3. The molecule has 0 aromatic heterocycles. The van der Waals surface area contributed by atoms with Gasteiger partial charge < -0.3 is 5.32 Å². The quantitative estimate of drug-likeness (QED) is 0.722. The SMILES string of the molecule is Cc1cc(C)cc(C(=O)NC(=S)Nc2c(C)cc(Br)cc2C)c1. The van der Waals surface area contributed by atoms with Crippen LogP contribution in [0.2, 0.25) is 0 Å². The fraction of sp³-hybridized carbons (Fsp3) is 0.222. The van der Waals surface area contributed by atoms with Crippen LogP contribution >= 0.6 is 28.1 Å². The van der Waals surface area contributed by atoms with Crippen molar-refractivity contribution in [3.8, 4) is 0 Å². The summed E-state index contributed by atoms with van der Waals surface area (Å²) in [6.07, 6.45) is 0. The summed E-state index contributed by atoms with van der Waals surface area (Å²) >= 11 is 8.74. The van der Waals surface area contributed by atoms with Gasteiger partial charge in [0.15, 0.2) is 5.11 Å². The molecule has 0 aliphatic heterocycles. The Morgan fingerprint density at radius 3 is 2.00 bits per heavy atom. The molecule has 0 fully saturated rings. The van der Waals surface area contributed by atoms with Crippen LogP contribution in [0.15, 0.2) is 34.8 Å². The molecule has 2 aromatic rings. The Labute approximate surface area is 150 Å². The molecule has 0 radical (unpaired) electrons. The van der Waals surface area contributed by atoms with Gasteiger partial charge in [0.25, 0.3) is 5.91 Å². The first-order valence-electron chi connectivity index (χ1n) is 7.23. The summed E-state index contributed by atoms with van der Waals surface area (Å²) in [6.45, 7) is 7.92. The van der Waals surface area contributed by atoms with Crippen LogP contribution in [0.4, 0.5) is 5.69 Å². The molecule has 2 aromatic carbocycles. The van der Waals surface area contributed by atoms with Crippen LogP contribution in [0, 0.1) is 27.7 Å². The molecule has 0 heterocycles. The Morgan fingerprint density at radius 1 is 0.957 bits per heavy atom. The van der Waals surface area contributed by atoms with Gasteiger partial charge in [0.05, 0.1) is 0 Å². The highest BCUT2D eigenvalue weighted by Gasteiger charge is 2.11. The summed E-state index contributed by atoms with van der Waals surface area (Å²) in [6, 6.07) is 9.73. The van der Waals surface area contributed by atoms with Crippen molar-refractivity contribution in [1.82, 2.24) is 5.32 Å². The van der Waals surface area contributed by atoms with Crippen LogP contribution in [0.1, 0.15) is 32.6 Å². The standard InChI is InChI=1S/C18H19BrN2OS/c1-10-5-11(2)7-14(6-10)17(22)21-18(23)20-16-12(3)8-15(19)9-13(16)4/h5-9H,1-4H3,(H2,20,21,22,23). The molecule has 0 atom stereocenters. The molecule has 5 heteroatoms. The van der Waals surface area contributed by atoms with E-state index in [1.807, 2.05) is 58.0 Å². The molecule has 1 amide bonds. The van der Waals surface area contributed by atoms with Gasteiger partial charge in [-0.15, -0.1) is 0 Å². The number of aryl methyl sites for hydroxylation is 4. The van der Waals surface area contributed by atoms with E-state index in [1.54, 1.807) is 0 Å². The lowest BCUT2D eigenvalue weighted by Gasteiger charge is -2.15. The fourth-order valence-corrected chi connectivity index (χ4v) is 3.42. The number of rotatable bonds is 2. The molecule has 0 unspecified atom stereocenters. The third-order valence-electron chi connectivity index (χ3n) is 3.45. The molecule has 120 valence electrons. The Kier molecular flexibility index (Phi) is 5.55. The molecule has 0 saturated carbocycles. The monoisotopic (exact) mass is 390 g/mol. The van der Waals surface area contributed by atoms with E-state index < -0.39 is 0 Å². The van der Waals surface area contributed by atoms with Crippen molar-refractivity contribution in [2.75, 3.05) is 5.32 Å². The number of amides is 1. The second-order valence-corrected chi connectivity index (χ2v) is 7.02. The predicted octanol–water partition coefficient (Wildman–Crippen LogP) is 4.81. The number of halogens is 1. The van der Waals surface area contributed by atoms with Crippen molar-refractivity contribution in [1.29, 1.82) is 0 Å². The van der Waals surface area contributed by atoms with Crippen LogP contribution in [-0.4, -0.2) is 11.0 Å². The maximum absolute atomic E-state index is 12.3. The van der Waals surface area contributed by atoms with Gasteiger partial charge in [-0.05, 0) is 75.3 Å². The number of hydrogen-bond donors (Lipinski definition) is 2. The van der Waals surface area contributed by atoms with Gasteiger partial charge in [-0.3, -0.25) is 10.1 Å². The normalized spacial score (nSPS) is 10.3. The zero-order chi connectivity index (χ0) is 17.1. The third-order valence-corrected chi connectivity index (χ3v) is 4.11. The first-order chi connectivity index (χ1) is 10.8. The summed E-state index contributed by atoms with van der Waals surface area (Å²) in [7, 11) is 0. The van der Waals surface area contributed by atoms with Gasteiger partial charge in [0.2, 0.25) is 0 Å². The zero-order valence-electron chi connectivity index (χ0n) is 13.6. The number of thiocarbonyl (C=S) groups is 1. The maximum atomic E-state index is 12.3. The molecule has 0 aliphatic rings. The van der Waals surface area contributed by atoms with Crippen molar-refractivity contribution < 1.29 is 4.79 Å². The van der Waals surface area contributed by atoms with Crippen molar-refractivity contribution in [3.63, 3.8) is 0 Å². The summed E-state index contributed by atoms with van der Waals surface area (Å²) in [5.41, 5.74) is 5.73. The van der Waals surface area contributed by atoms with Gasteiger partial charge in [0.1, 0.15) is 0 Å². The number of hydrogen-bond acceptors (Lipinski definition) is 2. The number of carbonyl (C=O) groups is 1. The smallest absolute Gasteiger partial charge is 0.257 e. The molecule has 3 nitrogen and oxygen atoms in total. The Hall–Kier alpha value is -1.72. The molecule has 0 aliphatic carbocycles. The second-order valence-electron chi connectivity index (χ2n) is 5.70. The summed E-state index contributed by atoms with van der Waals surface area (Å²) < 4.78 is 1.02. The van der Waals surface area contributed by atoms with E-state index >= 15 is 0 Å². The van der Waals surface area contributed by atoms with E-state index in [2.05, 4.69) is 26.6 Å². The van der Waals surface area contributed by atoms with Crippen molar-refractivity contribution in [2.24, 2.45) is 0 Å². The van der Waals surface area contributed by atoms with E-state index in [4.69, 9.17) is 12.2 Å². The average molecular weight is 391 g/mol. The summed E-state index contributed by atoms with van der Waals surface area (Å²) in [5.74, 6) is -0.207. The topological polar surface area (TPSA) is 41.1 Å². The molecule has 0 saturated heterocycles. The Morgan fingerprint density at radius 2 is 1.48 bits per heavy atom. The number of anilines is 1. The highest BCUT2D eigenvalue weighted by molar-refractivity contribution is 9.10. The highest BCUT2D eigenvalue weighted by atomic mass is 79.9. The van der Waals surface area contributed by atoms with Gasteiger partial charge in [-0.25, -0.2) is 0 Å². The van der Waals surface area contributed by atoms with Gasteiger partial charge in [-0.2, -0.15) is 0 Å². The van der Waals surface area contributed by atoms with Crippen LogP contribution in [0.3, 0.4) is 0 Å². The van der Waals surface area contributed by atoms with Crippen molar-refractivity contribution in [3.05, 3.63) is 62.6 Å². The predicted molar refractivity (Wildman–Crippen MR) is 103 cm³/mol. The minimum Gasteiger partial charge on any atom is -0.332 e. The molecular formula is C18H19BrN2OS. The maximum Gasteiger partial charge on any atom is 0.257 e. The van der Waals surface area contributed by atoms with Crippen LogP contribution in [-0.2, 0) is 0 Å². The fourth-order valence-electron chi connectivity index (χ4n) is 2.53. The van der Waals surface area contributed by atoms with E-state index in [0.717, 1.165) is 32.4 Å². The molecule has 23 heavy (non-hydrogen) atoms. The van der Waals surface area contributed by atoms with Crippen LogP contribution in [0.5, 0.6) is 0 Å². The third kappa shape index (κ3) is 4.62. The van der Waals surface area contributed by atoms with E-state index in [0.29, 0.717) is 10.7 Å². The van der Waals surface area contributed by atoms with E-state index in [-0.39, 0.29) is 5.91 Å². The van der Waals surface area contributed by atoms with Crippen LogP contribution in [0.25, 0.3) is 0 Å². The number of benzene rings is 2. The lowest BCUT2D eigenvalue weighted by molar-refractivity contribution is 0.0977. The number of nitrogens with one attached hydrogen (secondary N) is 2. The zero-order valence-corrected chi connectivity index (χ0v) is 16.0. The first kappa shape index (κ1) is 17.6.